The zero-order valence-corrected chi connectivity index (χ0v) is 25.4. The summed E-state index contributed by atoms with van der Waals surface area (Å²) in [6, 6.07) is 16.4. The summed E-state index contributed by atoms with van der Waals surface area (Å²) >= 11 is 0. The molecular weight excluding hydrogens is 496 g/mol. The smallest absolute Gasteiger partial charge is 0.254 e. The van der Waals surface area contributed by atoms with Crippen LogP contribution >= 0.6 is 0 Å². The highest BCUT2D eigenvalue weighted by molar-refractivity contribution is 5.95. The van der Waals surface area contributed by atoms with Crippen LogP contribution in [0.5, 0.6) is 11.5 Å². The maximum atomic E-state index is 14.2. The predicted octanol–water partition coefficient (Wildman–Crippen LogP) is 7.85. The number of hydrogen-bond donors (Lipinski definition) is 0. The third-order valence-electron chi connectivity index (χ3n) is 8.00. The number of likely N-dealkylation sites (tertiary alicyclic amines) is 1. The summed E-state index contributed by atoms with van der Waals surface area (Å²) in [6.07, 6.45) is 11.4. The van der Waals surface area contributed by atoms with Gasteiger partial charge in [0.15, 0.2) is 11.5 Å². The number of carbonyl (C=O) groups excluding carboxylic acids is 1. The average Bonchev–Trinajstić information content (AvgIpc) is 3.35. The number of rotatable bonds is 12. The molecule has 0 aromatic heterocycles. The lowest BCUT2D eigenvalue weighted by molar-refractivity contribution is 0.0709. The first-order valence-corrected chi connectivity index (χ1v) is 15.5. The SMILES string of the molecule is CC(=Cc1ccccc1)CN(CC1CCCN1CC1CCCCC1)C(=O)c1ccc(OC(C)C)c(OC(C)C)c1. The van der Waals surface area contributed by atoms with Crippen molar-refractivity contribution in [1.82, 2.24) is 9.80 Å². The third-order valence-corrected chi connectivity index (χ3v) is 8.00. The molecule has 2 fully saturated rings. The number of benzene rings is 2. The molecule has 40 heavy (non-hydrogen) atoms. The van der Waals surface area contributed by atoms with Crippen molar-refractivity contribution in [2.75, 3.05) is 26.2 Å². The van der Waals surface area contributed by atoms with Crippen molar-refractivity contribution in [3.63, 3.8) is 0 Å². The molecule has 1 unspecified atom stereocenters. The normalized spacial score (nSPS) is 18.9. The molecule has 1 aliphatic heterocycles. The first-order chi connectivity index (χ1) is 19.3. The average molecular weight is 547 g/mol. The van der Waals surface area contributed by atoms with Crippen molar-refractivity contribution in [3.05, 3.63) is 65.2 Å². The van der Waals surface area contributed by atoms with Gasteiger partial charge in [-0.2, -0.15) is 0 Å². The first kappa shape index (κ1) is 30.2. The van der Waals surface area contributed by atoms with Crippen molar-refractivity contribution in [1.29, 1.82) is 0 Å². The second-order valence-electron chi connectivity index (χ2n) is 12.4. The molecule has 2 aromatic rings. The molecule has 1 saturated heterocycles. The topological polar surface area (TPSA) is 42.0 Å². The Balaban J connectivity index is 1.57. The van der Waals surface area contributed by atoms with Crippen LogP contribution in [0.1, 0.15) is 95.5 Å². The van der Waals surface area contributed by atoms with Gasteiger partial charge in [0.05, 0.1) is 12.2 Å². The minimum atomic E-state index is -0.0150. The van der Waals surface area contributed by atoms with Gasteiger partial charge in [0.1, 0.15) is 0 Å². The third kappa shape index (κ3) is 8.86. The van der Waals surface area contributed by atoms with Crippen molar-refractivity contribution < 1.29 is 14.3 Å². The van der Waals surface area contributed by atoms with E-state index in [1.165, 1.54) is 50.6 Å². The first-order valence-electron chi connectivity index (χ1n) is 15.5. The van der Waals surface area contributed by atoms with Gasteiger partial charge in [0.2, 0.25) is 0 Å². The van der Waals surface area contributed by atoms with Crippen molar-refractivity contribution in [2.24, 2.45) is 5.92 Å². The summed E-state index contributed by atoms with van der Waals surface area (Å²) < 4.78 is 12.1. The molecule has 2 aliphatic rings. The van der Waals surface area contributed by atoms with Gasteiger partial charge in [-0.3, -0.25) is 9.69 Å². The summed E-state index contributed by atoms with van der Waals surface area (Å²) in [5.74, 6) is 2.17. The highest BCUT2D eigenvalue weighted by Gasteiger charge is 2.31. The molecule has 218 valence electrons. The summed E-state index contributed by atoms with van der Waals surface area (Å²) in [6.45, 7) is 13.8. The molecule has 1 heterocycles. The zero-order valence-electron chi connectivity index (χ0n) is 25.4. The predicted molar refractivity (Wildman–Crippen MR) is 165 cm³/mol. The van der Waals surface area contributed by atoms with Crippen LogP contribution in [0.3, 0.4) is 0 Å². The lowest BCUT2D eigenvalue weighted by atomic mass is 9.89. The van der Waals surface area contributed by atoms with Crippen LogP contribution in [0, 0.1) is 5.92 Å². The second kappa shape index (κ2) is 14.7. The van der Waals surface area contributed by atoms with Crippen LogP contribution in [0.15, 0.2) is 54.1 Å². The van der Waals surface area contributed by atoms with Crippen molar-refractivity contribution in [2.45, 2.75) is 97.8 Å². The van der Waals surface area contributed by atoms with E-state index in [9.17, 15) is 4.79 Å². The van der Waals surface area contributed by atoms with Crippen LogP contribution in [0.25, 0.3) is 6.08 Å². The van der Waals surface area contributed by atoms with Gasteiger partial charge in [0, 0.05) is 31.2 Å². The Hall–Kier alpha value is -2.79. The van der Waals surface area contributed by atoms with Crippen molar-refractivity contribution >= 4 is 12.0 Å². The monoisotopic (exact) mass is 546 g/mol. The fourth-order valence-electron chi connectivity index (χ4n) is 6.22. The van der Waals surface area contributed by atoms with E-state index >= 15 is 0 Å². The largest absolute Gasteiger partial charge is 0.487 e. The Morgan fingerprint density at radius 1 is 0.925 bits per heavy atom. The fraction of sp³-hybridized carbons (Fsp3) is 0.571. The quantitative estimate of drug-likeness (QED) is 0.272. The van der Waals surface area contributed by atoms with E-state index in [1.807, 2.05) is 52.0 Å². The maximum absolute atomic E-state index is 14.2. The number of carbonyl (C=O) groups is 1. The number of amides is 1. The molecule has 0 bridgehead atoms. The Bertz CT molecular complexity index is 1100. The van der Waals surface area contributed by atoms with E-state index in [1.54, 1.807) is 0 Å². The van der Waals surface area contributed by atoms with Crippen LogP contribution in [-0.2, 0) is 0 Å². The van der Waals surface area contributed by atoms with Crippen molar-refractivity contribution in [3.8, 4) is 11.5 Å². The van der Waals surface area contributed by atoms with Gasteiger partial charge in [-0.15, -0.1) is 0 Å². The van der Waals surface area contributed by atoms with Gasteiger partial charge < -0.3 is 14.4 Å². The summed E-state index contributed by atoms with van der Waals surface area (Å²) in [7, 11) is 0. The standard InChI is InChI=1S/C35H50N2O3/c1-26(2)39-33-19-18-31(22-34(33)40-27(3)4)35(38)37(23-28(5)21-29-13-8-6-9-14-29)25-32-17-12-20-36(32)24-30-15-10-7-11-16-30/h6,8-9,13-14,18-19,21-22,26-27,30,32H,7,10-12,15-17,20,23-25H2,1-5H3. The Kier molecular flexibility index (Phi) is 11.1. The summed E-state index contributed by atoms with van der Waals surface area (Å²) in [4.78, 5) is 18.9. The van der Waals surface area contributed by atoms with Crippen LogP contribution in [-0.4, -0.2) is 60.1 Å². The van der Waals surface area contributed by atoms with E-state index in [-0.39, 0.29) is 18.1 Å². The van der Waals surface area contributed by atoms with Gasteiger partial charge in [-0.25, -0.2) is 0 Å². The van der Waals surface area contributed by atoms with Gasteiger partial charge >= 0.3 is 0 Å². The Labute approximate surface area is 242 Å². The summed E-state index contributed by atoms with van der Waals surface area (Å²) in [5, 5.41) is 0. The van der Waals surface area contributed by atoms with Crippen LogP contribution < -0.4 is 9.47 Å². The molecule has 5 nitrogen and oxygen atoms in total. The molecule has 1 saturated carbocycles. The van der Waals surface area contributed by atoms with E-state index < -0.39 is 0 Å². The Morgan fingerprint density at radius 2 is 1.62 bits per heavy atom. The van der Waals surface area contributed by atoms with Gasteiger partial charge in [-0.05, 0) is 96.5 Å². The van der Waals surface area contributed by atoms with Gasteiger partial charge in [0.25, 0.3) is 5.91 Å². The lowest BCUT2D eigenvalue weighted by Crippen LogP contribution is -2.45. The minimum Gasteiger partial charge on any atom is -0.487 e. The van der Waals surface area contributed by atoms with Gasteiger partial charge in [-0.1, -0.05) is 61.2 Å². The molecule has 4 rings (SSSR count). The molecule has 0 radical (unpaired) electrons. The molecule has 0 N–H and O–H groups in total. The van der Waals surface area contributed by atoms with Crippen LogP contribution in [0.2, 0.25) is 0 Å². The Morgan fingerprint density at radius 3 is 2.33 bits per heavy atom. The highest BCUT2D eigenvalue weighted by Crippen LogP contribution is 2.32. The fourth-order valence-corrected chi connectivity index (χ4v) is 6.22. The van der Waals surface area contributed by atoms with E-state index in [2.05, 4.69) is 47.1 Å². The van der Waals surface area contributed by atoms with E-state index in [0.717, 1.165) is 31.0 Å². The molecule has 5 heteroatoms. The van der Waals surface area contributed by atoms with E-state index in [4.69, 9.17) is 9.47 Å². The molecule has 1 aliphatic carbocycles. The minimum absolute atomic E-state index is 0.0150. The zero-order chi connectivity index (χ0) is 28.5. The second-order valence-corrected chi connectivity index (χ2v) is 12.4. The van der Waals surface area contributed by atoms with Crippen LogP contribution in [0.4, 0.5) is 0 Å². The maximum Gasteiger partial charge on any atom is 0.254 e. The van der Waals surface area contributed by atoms with E-state index in [0.29, 0.717) is 29.6 Å². The number of hydrogen-bond acceptors (Lipinski definition) is 4. The number of ether oxygens (including phenoxy) is 2. The molecule has 2 aromatic carbocycles. The molecule has 1 atom stereocenters. The highest BCUT2D eigenvalue weighted by atomic mass is 16.5. The molecular formula is C35H50N2O3. The molecule has 0 spiro atoms. The number of nitrogens with zero attached hydrogens (tertiary/aromatic N) is 2. The molecule has 1 amide bonds. The summed E-state index contributed by atoms with van der Waals surface area (Å²) in [5.41, 5.74) is 2.99. The lowest BCUT2D eigenvalue weighted by Gasteiger charge is -2.34.